The molecule has 1 aromatic heterocycles. The Hall–Kier alpha value is -1.60. The lowest BCUT2D eigenvalue weighted by Gasteiger charge is -1.99. The van der Waals surface area contributed by atoms with Crippen LogP contribution in [0, 0.1) is 0 Å². The van der Waals surface area contributed by atoms with Crippen LogP contribution in [0.15, 0.2) is 67.5 Å². The van der Waals surface area contributed by atoms with E-state index in [4.69, 9.17) is 0 Å². The predicted octanol–water partition coefficient (Wildman–Crippen LogP) is -0.308. The summed E-state index contributed by atoms with van der Waals surface area (Å²) >= 11 is 0. The van der Waals surface area contributed by atoms with Crippen LogP contribution in [0.5, 0.6) is 0 Å². The van der Waals surface area contributed by atoms with Gasteiger partial charge in [-0.25, -0.2) is 0 Å². The minimum Gasteiger partial charge on any atom is -1.00 e. The highest BCUT2D eigenvalue weighted by atomic mass is 35.5. The predicted molar refractivity (Wildman–Crippen MR) is 62.1 cm³/mol. The van der Waals surface area contributed by atoms with Gasteiger partial charge in [0, 0.05) is 12.1 Å². The lowest BCUT2D eigenvalue weighted by molar-refractivity contribution is -0.582. The van der Waals surface area contributed by atoms with Crippen molar-refractivity contribution < 1.29 is 17.0 Å². The molecule has 0 radical (unpaired) electrons. The highest BCUT2D eigenvalue weighted by Gasteiger charge is 2.05. The van der Waals surface area contributed by atoms with Gasteiger partial charge in [0.2, 0.25) is 0 Å². The summed E-state index contributed by atoms with van der Waals surface area (Å²) in [5, 5.41) is 0. The van der Waals surface area contributed by atoms with Crippen molar-refractivity contribution in [3.05, 3.63) is 73.1 Å². The maximum Gasteiger partial charge on any atom is 0.184 e. The maximum absolute atomic E-state index is 4.08. The number of nitrogens with zero attached hydrogens (tertiary/aromatic N) is 1. The average molecular weight is 232 g/mol. The van der Waals surface area contributed by atoms with Crippen molar-refractivity contribution in [3.8, 4) is 0 Å². The van der Waals surface area contributed by atoms with E-state index >= 15 is 0 Å². The molecule has 1 aromatic carbocycles. The molecular formula is C14H14ClN. The summed E-state index contributed by atoms with van der Waals surface area (Å²) in [7, 11) is 0. The molecule has 0 aliphatic carbocycles. The van der Waals surface area contributed by atoms with Gasteiger partial charge in [0.1, 0.15) is 0 Å². The molecule has 0 saturated heterocycles. The summed E-state index contributed by atoms with van der Waals surface area (Å²) in [6, 6.07) is 16.4. The first-order chi connectivity index (χ1) is 7.36. The molecule has 82 valence electrons. The summed E-state index contributed by atoms with van der Waals surface area (Å²) in [4.78, 5) is 0. The lowest BCUT2D eigenvalue weighted by Crippen LogP contribution is -3.00. The quantitative estimate of drug-likeness (QED) is 0.639. The molecule has 2 heteroatoms. The molecule has 0 fully saturated rings. The largest absolute Gasteiger partial charge is 1.00 e. The van der Waals surface area contributed by atoms with E-state index in [2.05, 4.69) is 30.8 Å². The number of allylic oxidation sites excluding steroid dienone is 1. The van der Waals surface area contributed by atoms with E-state index in [1.165, 1.54) is 5.56 Å². The average Bonchev–Trinajstić information content (AvgIpc) is 2.31. The van der Waals surface area contributed by atoms with E-state index in [0.29, 0.717) is 0 Å². The van der Waals surface area contributed by atoms with E-state index in [-0.39, 0.29) is 12.4 Å². The summed E-state index contributed by atoms with van der Waals surface area (Å²) in [5.74, 6) is 0. The minimum atomic E-state index is 0. The second kappa shape index (κ2) is 6.09. The zero-order valence-corrected chi connectivity index (χ0v) is 9.77. The number of halogens is 1. The molecule has 0 N–H and O–H groups in total. The molecule has 2 rings (SSSR count). The molecule has 0 aliphatic rings. The highest BCUT2D eigenvalue weighted by Crippen LogP contribution is 2.05. The van der Waals surface area contributed by atoms with E-state index < -0.39 is 0 Å². The topological polar surface area (TPSA) is 3.88 Å². The molecule has 0 unspecified atom stereocenters. The Morgan fingerprint density at radius 2 is 1.50 bits per heavy atom. The molecule has 1 heterocycles. The zero-order valence-electron chi connectivity index (χ0n) is 9.01. The van der Waals surface area contributed by atoms with Crippen LogP contribution >= 0.6 is 0 Å². The lowest BCUT2D eigenvalue weighted by atomic mass is 10.1. The van der Waals surface area contributed by atoms with Crippen LogP contribution in [-0.4, -0.2) is 0 Å². The first kappa shape index (κ1) is 12.5. The number of hydrogen-bond donors (Lipinski definition) is 0. The zero-order chi connectivity index (χ0) is 10.5. The molecule has 1 nitrogen and oxygen atoms in total. The van der Waals surface area contributed by atoms with E-state index in [1.807, 2.05) is 41.2 Å². The Balaban J connectivity index is 0.00000128. The molecule has 0 amide bonds. The Labute approximate surface area is 102 Å². The molecule has 0 saturated carbocycles. The van der Waals surface area contributed by atoms with E-state index in [1.54, 1.807) is 0 Å². The van der Waals surface area contributed by atoms with E-state index in [0.717, 1.165) is 12.1 Å². The molecule has 0 atom stereocenters. The summed E-state index contributed by atoms with van der Waals surface area (Å²) < 4.78 is 2.05. The Kier molecular flexibility index (Phi) is 4.74. The molecular weight excluding hydrogens is 218 g/mol. The van der Waals surface area contributed by atoms with Crippen LogP contribution < -0.4 is 17.0 Å². The van der Waals surface area contributed by atoms with Crippen molar-refractivity contribution in [1.29, 1.82) is 0 Å². The van der Waals surface area contributed by atoms with Crippen molar-refractivity contribution in [2.75, 3.05) is 0 Å². The van der Waals surface area contributed by atoms with Gasteiger partial charge in [-0.2, -0.15) is 4.57 Å². The summed E-state index contributed by atoms with van der Waals surface area (Å²) in [5.41, 5.74) is 2.38. The standard InChI is InChI=1S/C14H14N.ClH/c1-13(15-10-6-3-7-11-15)12-14-8-4-2-5-9-14;/h2-11H,1,12H2;1H/q+1;/p-1. The first-order valence-electron chi connectivity index (χ1n) is 5.04. The highest BCUT2D eigenvalue weighted by molar-refractivity contribution is 5.36. The number of pyridine rings is 1. The van der Waals surface area contributed by atoms with Crippen molar-refractivity contribution in [3.63, 3.8) is 0 Å². The van der Waals surface area contributed by atoms with Crippen molar-refractivity contribution in [1.82, 2.24) is 0 Å². The van der Waals surface area contributed by atoms with Crippen LogP contribution in [0.1, 0.15) is 5.56 Å². The third-order valence-electron chi connectivity index (χ3n) is 2.33. The molecule has 2 aromatic rings. The third kappa shape index (κ3) is 3.21. The van der Waals surface area contributed by atoms with Gasteiger partial charge in [-0.15, -0.1) is 0 Å². The van der Waals surface area contributed by atoms with Crippen LogP contribution in [0.25, 0.3) is 5.70 Å². The monoisotopic (exact) mass is 231 g/mol. The first-order valence-corrected chi connectivity index (χ1v) is 5.04. The third-order valence-corrected chi connectivity index (χ3v) is 2.33. The summed E-state index contributed by atoms with van der Waals surface area (Å²) in [6.45, 7) is 4.08. The molecule has 0 spiro atoms. The van der Waals surface area contributed by atoms with Crippen LogP contribution in [0.4, 0.5) is 0 Å². The fourth-order valence-electron chi connectivity index (χ4n) is 1.53. The van der Waals surface area contributed by atoms with Crippen LogP contribution in [0.2, 0.25) is 0 Å². The Morgan fingerprint density at radius 1 is 0.938 bits per heavy atom. The Bertz CT molecular complexity index is 437. The van der Waals surface area contributed by atoms with Gasteiger partial charge in [-0.1, -0.05) is 36.4 Å². The molecule has 0 aliphatic heterocycles. The van der Waals surface area contributed by atoms with Gasteiger partial charge in [0.25, 0.3) is 0 Å². The van der Waals surface area contributed by atoms with Gasteiger partial charge in [-0.05, 0) is 12.1 Å². The second-order valence-electron chi connectivity index (χ2n) is 3.51. The SMILES string of the molecule is C=C(Cc1ccccc1)[n+]1ccccc1.[Cl-]. The van der Waals surface area contributed by atoms with Crippen molar-refractivity contribution >= 4 is 5.70 Å². The van der Waals surface area contributed by atoms with Gasteiger partial charge in [-0.3, -0.25) is 0 Å². The van der Waals surface area contributed by atoms with E-state index in [9.17, 15) is 0 Å². The van der Waals surface area contributed by atoms with Crippen LogP contribution in [0.3, 0.4) is 0 Å². The number of aromatic nitrogens is 1. The second-order valence-corrected chi connectivity index (χ2v) is 3.51. The van der Waals surface area contributed by atoms with Gasteiger partial charge >= 0.3 is 0 Å². The fraction of sp³-hybridized carbons (Fsp3) is 0.0714. The van der Waals surface area contributed by atoms with Crippen molar-refractivity contribution in [2.45, 2.75) is 6.42 Å². The van der Waals surface area contributed by atoms with Crippen molar-refractivity contribution in [2.24, 2.45) is 0 Å². The number of hydrogen-bond acceptors (Lipinski definition) is 0. The normalized spacial score (nSPS) is 9.25. The van der Waals surface area contributed by atoms with Gasteiger partial charge in [0.15, 0.2) is 18.1 Å². The smallest absolute Gasteiger partial charge is 0.184 e. The molecule has 16 heavy (non-hydrogen) atoms. The summed E-state index contributed by atoms with van der Waals surface area (Å²) in [6.07, 6.45) is 4.92. The maximum atomic E-state index is 4.08. The minimum absolute atomic E-state index is 0. The van der Waals surface area contributed by atoms with Gasteiger partial charge in [0.05, 0.1) is 6.42 Å². The number of rotatable bonds is 3. The Morgan fingerprint density at radius 3 is 2.12 bits per heavy atom. The number of benzene rings is 1. The van der Waals surface area contributed by atoms with Gasteiger partial charge < -0.3 is 12.4 Å². The van der Waals surface area contributed by atoms with Crippen LogP contribution in [-0.2, 0) is 6.42 Å². The fourth-order valence-corrected chi connectivity index (χ4v) is 1.53. The molecule has 0 bridgehead atoms.